The summed E-state index contributed by atoms with van der Waals surface area (Å²) in [6.07, 6.45) is -0.311. The summed E-state index contributed by atoms with van der Waals surface area (Å²) < 4.78 is 0. The number of nitrogens with one attached hydrogen (secondary N) is 1. The molecular formula is C22H15N3O5. The van der Waals surface area contributed by atoms with Gasteiger partial charge in [-0.1, -0.05) is 42.2 Å². The van der Waals surface area contributed by atoms with Crippen molar-refractivity contribution in [2.45, 2.75) is 6.42 Å². The molecule has 1 N–H and O–H groups in total. The van der Waals surface area contributed by atoms with Crippen molar-refractivity contribution >= 4 is 23.0 Å². The molecule has 148 valence electrons. The van der Waals surface area contributed by atoms with E-state index in [0.717, 1.165) is 17.7 Å². The van der Waals surface area contributed by atoms with Crippen LogP contribution in [0.4, 0.5) is 17.1 Å². The number of nitro benzene ring substituents is 2. The number of para-hydroxylation sites is 1. The van der Waals surface area contributed by atoms with Gasteiger partial charge in [-0.2, -0.15) is 0 Å². The van der Waals surface area contributed by atoms with Gasteiger partial charge in [0.25, 0.3) is 11.4 Å². The third-order valence-electron chi connectivity index (χ3n) is 4.14. The number of nitrogens with zero attached hydrogens (tertiary/aromatic N) is 2. The topological polar surface area (TPSA) is 115 Å². The van der Waals surface area contributed by atoms with Crippen LogP contribution in [0.2, 0.25) is 0 Å². The first-order chi connectivity index (χ1) is 14.4. The molecule has 0 spiro atoms. The highest BCUT2D eigenvalue weighted by Gasteiger charge is 2.21. The zero-order valence-electron chi connectivity index (χ0n) is 15.6. The van der Waals surface area contributed by atoms with Gasteiger partial charge in [0, 0.05) is 22.8 Å². The first-order valence-corrected chi connectivity index (χ1v) is 8.81. The smallest absolute Gasteiger partial charge is 0.279 e. The van der Waals surface area contributed by atoms with Crippen LogP contribution in [0.1, 0.15) is 16.7 Å². The summed E-state index contributed by atoms with van der Waals surface area (Å²) in [6.45, 7) is 0. The molecule has 0 bridgehead atoms. The second-order valence-electron chi connectivity index (χ2n) is 6.21. The highest BCUT2D eigenvalue weighted by atomic mass is 16.6. The maximum atomic E-state index is 12.5. The first-order valence-electron chi connectivity index (χ1n) is 8.81. The van der Waals surface area contributed by atoms with Crippen molar-refractivity contribution in [2.24, 2.45) is 0 Å². The van der Waals surface area contributed by atoms with E-state index in [1.165, 1.54) is 6.07 Å². The van der Waals surface area contributed by atoms with E-state index in [9.17, 15) is 25.0 Å². The Hall–Kier alpha value is -4.51. The fourth-order valence-electron chi connectivity index (χ4n) is 2.71. The third-order valence-corrected chi connectivity index (χ3v) is 4.14. The zero-order valence-corrected chi connectivity index (χ0v) is 15.6. The summed E-state index contributed by atoms with van der Waals surface area (Å²) in [7, 11) is 0. The van der Waals surface area contributed by atoms with E-state index in [4.69, 9.17) is 0 Å². The molecule has 0 aliphatic carbocycles. The molecule has 3 rings (SSSR count). The van der Waals surface area contributed by atoms with Crippen molar-refractivity contribution in [3.63, 3.8) is 0 Å². The lowest BCUT2D eigenvalue weighted by molar-refractivity contribution is -0.394. The van der Waals surface area contributed by atoms with E-state index in [-0.39, 0.29) is 12.0 Å². The Morgan fingerprint density at radius 3 is 2.27 bits per heavy atom. The van der Waals surface area contributed by atoms with Crippen LogP contribution >= 0.6 is 0 Å². The van der Waals surface area contributed by atoms with E-state index in [2.05, 4.69) is 17.2 Å². The minimum Gasteiger partial charge on any atom is -0.325 e. The average Bonchev–Trinajstić information content (AvgIpc) is 2.73. The maximum Gasteiger partial charge on any atom is 0.279 e. The quantitative estimate of drug-likeness (QED) is 0.393. The molecule has 0 fully saturated rings. The van der Waals surface area contributed by atoms with Gasteiger partial charge in [-0.15, -0.1) is 0 Å². The van der Waals surface area contributed by atoms with Crippen molar-refractivity contribution in [3.8, 4) is 11.8 Å². The standard InChI is InChI=1S/C22H15N3O5/c26-22(14-18-12-13-19(24(27)28)15-21(18)25(29)30)23-20-9-5-4-8-17(20)11-10-16-6-2-1-3-7-16/h1-9,12-13,15H,14H2,(H,23,26). The number of hydrogen-bond acceptors (Lipinski definition) is 5. The van der Waals surface area contributed by atoms with Gasteiger partial charge in [-0.3, -0.25) is 25.0 Å². The Kier molecular flexibility index (Phi) is 6.15. The molecule has 1 amide bonds. The van der Waals surface area contributed by atoms with Gasteiger partial charge >= 0.3 is 0 Å². The molecule has 8 heteroatoms. The molecule has 0 saturated heterocycles. The number of benzene rings is 3. The monoisotopic (exact) mass is 401 g/mol. The summed E-state index contributed by atoms with van der Waals surface area (Å²) in [4.78, 5) is 33.1. The van der Waals surface area contributed by atoms with Crippen LogP contribution in [-0.4, -0.2) is 15.8 Å². The van der Waals surface area contributed by atoms with E-state index < -0.39 is 27.1 Å². The molecule has 0 saturated carbocycles. The number of hydrogen-bond donors (Lipinski definition) is 1. The molecular weight excluding hydrogens is 386 g/mol. The molecule has 30 heavy (non-hydrogen) atoms. The Morgan fingerprint density at radius 1 is 0.867 bits per heavy atom. The van der Waals surface area contributed by atoms with Crippen LogP contribution in [0.5, 0.6) is 0 Å². The summed E-state index contributed by atoms with van der Waals surface area (Å²) in [5.74, 6) is 5.51. The van der Waals surface area contributed by atoms with Gasteiger partial charge in [0.15, 0.2) is 0 Å². The third kappa shape index (κ3) is 5.05. The summed E-state index contributed by atoms with van der Waals surface area (Å²) in [6, 6.07) is 19.5. The molecule has 3 aromatic carbocycles. The van der Waals surface area contributed by atoms with Gasteiger partial charge in [0.05, 0.1) is 28.0 Å². The average molecular weight is 401 g/mol. The van der Waals surface area contributed by atoms with Crippen LogP contribution in [0.15, 0.2) is 72.8 Å². The van der Waals surface area contributed by atoms with Gasteiger partial charge < -0.3 is 5.32 Å². The second-order valence-corrected chi connectivity index (χ2v) is 6.21. The van der Waals surface area contributed by atoms with Gasteiger partial charge in [0.1, 0.15) is 0 Å². The molecule has 0 atom stereocenters. The Labute approximate surface area is 171 Å². The van der Waals surface area contributed by atoms with Crippen molar-refractivity contribution in [1.29, 1.82) is 0 Å². The molecule has 0 aliphatic heterocycles. The van der Waals surface area contributed by atoms with Gasteiger partial charge in [0.2, 0.25) is 5.91 Å². The second kappa shape index (κ2) is 9.12. The first kappa shape index (κ1) is 20.2. The highest BCUT2D eigenvalue weighted by molar-refractivity contribution is 5.94. The number of rotatable bonds is 5. The van der Waals surface area contributed by atoms with Crippen molar-refractivity contribution in [3.05, 3.63) is 110 Å². The SMILES string of the molecule is O=C(Cc1ccc([N+](=O)[O-])cc1[N+](=O)[O-])Nc1ccccc1C#Cc1ccccc1. The lowest BCUT2D eigenvalue weighted by atomic mass is 10.1. The summed E-state index contributed by atoms with van der Waals surface area (Å²) >= 11 is 0. The summed E-state index contributed by atoms with van der Waals surface area (Å²) in [5.41, 5.74) is 1.07. The predicted octanol–water partition coefficient (Wildman–Crippen LogP) is 4.08. The fourth-order valence-corrected chi connectivity index (χ4v) is 2.71. The van der Waals surface area contributed by atoms with E-state index in [1.807, 2.05) is 30.3 Å². The summed E-state index contributed by atoms with van der Waals surface area (Å²) in [5, 5.41) is 24.8. The van der Waals surface area contributed by atoms with Crippen LogP contribution in [0.3, 0.4) is 0 Å². The number of non-ortho nitro benzene ring substituents is 1. The van der Waals surface area contributed by atoms with Crippen LogP contribution < -0.4 is 5.32 Å². The van der Waals surface area contributed by atoms with E-state index >= 15 is 0 Å². The molecule has 0 heterocycles. The lowest BCUT2D eigenvalue weighted by Gasteiger charge is -2.08. The molecule has 3 aromatic rings. The number of anilines is 1. The van der Waals surface area contributed by atoms with E-state index in [0.29, 0.717) is 11.3 Å². The van der Waals surface area contributed by atoms with Gasteiger partial charge in [-0.25, -0.2) is 0 Å². The largest absolute Gasteiger partial charge is 0.325 e. The predicted molar refractivity (Wildman–Crippen MR) is 111 cm³/mol. The van der Waals surface area contributed by atoms with Gasteiger partial charge in [-0.05, 0) is 30.3 Å². The minimum atomic E-state index is -0.741. The number of carbonyl (C=O) groups excluding carboxylic acids is 1. The zero-order chi connectivity index (χ0) is 21.5. The molecule has 0 aromatic heterocycles. The van der Waals surface area contributed by atoms with Crippen molar-refractivity contribution < 1.29 is 14.6 Å². The highest BCUT2D eigenvalue weighted by Crippen LogP contribution is 2.25. The Morgan fingerprint density at radius 2 is 1.57 bits per heavy atom. The number of amides is 1. The Bertz CT molecular complexity index is 1180. The van der Waals surface area contributed by atoms with Crippen LogP contribution in [0.25, 0.3) is 0 Å². The molecule has 0 unspecified atom stereocenters. The van der Waals surface area contributed by atoms with Crippen molar-refractivity contribution in [2.75, 3.05) is 5.32 Å². The number of nitro groups is 2. The number of carbonyl (C=O) groups is 1. The Balaban J connectivity index is 1.80. The van der Waals surface area contributed by atoms with Crippen molar-refractivity contribution in [1.82, 2.24) is 0 Å². The lowest BCUT2D eigenvalue weighted by Crippen LogP contribution is -2.16. The molecule has 0 aliphatic rings. The van der Waals surface area contributed by atoms with E-state index in [1.54, 1.807) is 24.3 Å². The van der Waals surface area contributed by atoms with Crippen LogP contribution in [-0.2, 0) is 11.2 Å². The van der Waals surface area contributed by atoms with Crippen LogP contribution in [0, 0.1) is 32.1 Å². The minimum absolute atomic E-state index is 0.0796. The molecule has 0 radical (unpaired) electrons. The maximum absolute atomic E-state index is 12.5. The molecule has 8 nitrogen and oxygen atoms in total. The normalized spacial score (nSPS) is 9.87. The fraction of sp³-hybridized carbons (Fsp3) is 0.0455.